The molecule has 2 fully saturated rings. The normalized spacial score (nSPS) is 28.3. The number of thiophene rings is 1. The number of carbonyl (C=O) groups excluding carboxylic acids is 1. The van der Waals surface area contributed by atoms with Gasteiger partial charge in [-0.15, -0.1) is 23.1 Å². The summed E-state index contributed by atoms with van der Waals surface area (Å²) in [5.74, 6) is 2.30. The van der Waals surface area contributed by atoms with E-state index >= 15 is 0 Å². The number of benzene rings is 1. The molecular formula is C23H22N2O3S3. The molecular weight excluding hydrogens is 448 g/mol. The molecule has 0 radical (unpaired) electrons. The summed E-state index contributed by atoms with van der Waals surface area (Å²) >= 11 is 4.97. The van der Waals surface area contributed by atoms with Gasteiger partial charge in [0.15, 0.2) is 0 Å². The molecule has 3 aliphatic rings. The Kier molecular flexibility index (Phi) is 4.77. The Morgan fingerprint density at radius 3 is 2.74 bits per heavy atom. The van der Waals surface area contributed by atoms with Crippen LogP contribution in [0.1, 0.15) is 34.9 Å². The van der Waals surface area contributed by atoms with Gasteiger partial charge in [0, 0.05) is 26.6 Å². The highest BCUT2D eigenvalue weighted by Gasteiger charge is 2.55. The van der Waals surface area contributed by atoms with Crippen molar-refractivity contribution in [3.05, 3.63) is 61.2 Å². The average molecular weight is 471 g/mol. The predicted molar refractivity (Wildman–Crippen MR) is 125 cm³/mol. The summed E-state index contributed by atoms with van der Waals surface area (Å²) in [7, 11) is 0. The van der Waals surface area contributed by atoms with Crippen LogP contribution < -0.4 is 10.2 Å². The van der Waals surface area contributed by atoms with Gasteiger partial charge in [-0.05, 0) is 72.7 Å². The number of anilines is 1. The van der Waals surface area contributed by atoms with Crippen molar-refractivity contribution in [3.8, 4) is 5.75 Å². The van der Waals surface area contributed by atoms with Gasteiger partial charge in [0.25, 0.3) is 0 Å². The Hall–Kier alpha value is -2.03. The van der Waals surface area contributed by atoms with E-state index in [2.05, 4.69) is 22.8 Å². The van der Waals surface area contributed by atoms with E-state index in [0.29, 0.717) is 16.9 Å². The van der Waals surface area contributed by atoms with Crippen LogP contribution in [0.4, 0.5) is 5.69 Å². The van der Waals surface area contributed by atoms with E-state index < -0.39 is 0 Å². The topological polar surface area (TPSA) is 71.3 Å². The predicted octanol–water partition coefficient (Wildman–Crippen LogP) is 4.97. The fourth-order valence-electron chi connectivity index (χ4n) is 5.76. The SMILES string of the molecule is O=C(Cn1c2c(sc1=O)[C@@H](c1cccs1)[C@@H]1[C@H]3CC[C@@H](C3)[C@H]1S2)Nc1ccc(O)cc1. The molecule has 1 amide bonds. The second-order valence-corrected chi connectivity index (χ2v) is 11.8. The van der Waals surface area contributed by atoms with Crippen molar-refractivity contribution in [3.63, 3.8) is 0 Å². The molecule has 2 saturated carbocycles. The van der Waals surface area contributed by atoms with Crippen molar-refractivity contribution in [1.29, 1.82) is 0 Å². The molecule has 2 bridgehead atoms. The van der Waals surface area contributed by atoms with E-state index in [1.54, 1.807) is 28.0 Å². The lowest BCUT2D eigenvalue weighted by molar-refractivity contribution is -0.116. The van der Waals surface area contributed by atoms with Crippen molar-refractivity contribution in [1.82, 2.24) is 4.57 Å². The molecule has 0 spiro atoms. The van der Waals surface area contributed by atoms with Gasteiger partial charge < -0.3 is 10.4 Å². The van der Waals surface area contributed by atoms with Crippen LogP contribution in [-0.2, 0) is 11.3 Å². The molecule has 3 aromatic rings. The summed E-state index contributed by atoms with van der Waals surface area (Å²) in [5.41, 5.74) is 0.609. The number of hydrogen-bond donors (Lipinski definition) is 2. The molecule has 0 saturated heterocycles. The molecule has 5 atom stereocenters. The number of phenols is 1. The number of phenolic OH excluding ortho intramolecular Hbond substituents is 1. The molecule has 2 aromatic heterocycles. The molecule has 0 unspecified atom stereocenters. The van der Waals surface area contributed by atoms with E-state index in [4.69, 9.17) is 0 Å². The number of hydrogen-bond acceptors (Lipinski definition) is 6. The van der Waals surface area contributed by atoms with Crippen molar-refractivity contribution >= 4 is 46.0 Å². The highest BCUT2D eigenvalue weighted by molar-refractivity contribution is 8.00. The smallest absolute Gasteiger partial charge is 0.308 e. The number of fused-ring (bicyclic) bond motifs is 6. The molecule has 1 aromatic carbocycles. The molecule has 2 aliphatic carbocycles. The number of aromatic nitrogens is 1. The minimum absolute atomic E-state index is 0.0151. The first kappa shape index (κ1) is 19.6. The number of rotatable bonds is 4. The Balaban J connectivity index is 1.34. The first-order chi connectivity index (χ1) is 15.1. The van der Waals surface area contributed by atoms with Gasteiger partial charge in [-0.3, -0.25) is 14.2 Å². The van der Waals surface area contributed by atoms with Crippen molar-refractivity contribution < 1.29 is 9.90 Å². The highest BCUT2D eigenvalue weighted by atomic mass is 32.2. The zero-order chi connectivity index (χ0) is 21.1. The molecule has 3 heterocycles. The number of nitrogens with zero attached hydrogens (tertiary/aromatic N) is 1. The van der Waals surface area contributed by atoms with Crippen LogP contribution in [0.3, 0.4) is 0 Å². The second kappa shape index (κ2) is 7.53. The van der Waals surface area contributed by atoms with Crippen LogP contribution in [0.15, 0.2) is 51.6 Å². The van der Waals surface area contributed by atoms with Crippen LogP contribution >= 0.6 is 34.4 Å². The number of thiazole rings is 1. The molecule has 8 heteroatoms. The number of aromatic hydroxyl groups is 1. The maximum atomic E-state index is 13.0. The van der Waals surface area contributed by atoms with Gasteiger partial charge in [0.05, 0.1) is 5.03 Å². The zero-order valence-corrected chi connectivity index (χ0v) is 19.1. The van der Waals surface area contributed by atoms with Crippen LogP contribution in [0, 0.1) is 17.8 Å². The van der Waals surface area contributed by atoms with Crippen molar-refractivity contribution in [2.75, 3.05) is 5.32 Å². The van der Waals surface area contributed by atoms with Crippen LogP contribution in [-0.4, -0.2) is 20.8 Å². The average Bonchev–Trinajstić information content (AvgIpc) is 3.54. The minimum atomic E-state index is -0.225. The minimum Gasteiger partial charge on any atom is -0.508 e. The first-order valence-corrected chi connectivity index (χ1v) is 13.2. The molecule has 1 aliphatic heterocycles. The summed E-state index contributed by atoms with van der Waals surface area (Å²) in [6.45, 7) is 0.0151. The Bertz CT molecular complexity index is 1180. The monoisotopic (exact) mass is 470 g/mol. The van der Waals surface area contributed by atoms with Crippen molar-refractivity contribution in [2.24, 2.45) is 17.8 Å². The summed E-state index contributed by atoms with van der Waals surface area (Å²) < 4.78 is 1.68. The zero-order valence-electron chi connectivity index (χ0n) is 16.7. The van der Waals surface area contributed by atoms with Crippen LogP contribution in [0.5, 0.6) is 5.75 Å². The van der Waals surface area contributed by atoms with Gasteiger partial charge in [0.1, 0.15) is 12.3 Å². The molecule has 6 rings (SSSR count). The number of carbonyl (C=O) groups is 1. The molecule has 2 N–H and O–H groups in total. The molecule has 160 valence electrons. The quantitative estimate of drug-likeness (QED) is 0.528. The second-order valence-electron chi connectivity index (χ2n) is 8.70. The Morgan fingerprint density at radius 1 is 1.16 bits per heavy atom. The van der Waals surface area contributed by atoms with Gasteiger partial charge in [-0.25, -0.2) is 0 Å². The lowest BCUT2D eigenvalue weighted by Gasteiger charge is -2.40. The fraction of sp³-hybridized carbons (Fsp3) is 0.391. The maximum Gasteiger partial charge on any atom is 0.308 e. The number of nitrogens with one attached hydrogen (secondary N) is 1. The van der Waals surface area contributed by atoms with E-state index in [1.807, 2.05) is 11.8 Å². The molecule has 31 heavy (non-hydrogen) atoms. The van der Waals surface area contributed by atoms with Gasteiger partial charge >= 0.3 is 4.87 Å². The fourth-order valence-corrected chi connectivity index (χ4v) is 9.87. The van der Waals surface area contributed by atoms with E-state index in [9.17, 15) is 14.7 Å². The summed E-state index contributed by atoms with van der Waals surface area (Å²) in [4.78, 5) is 28.2. The summed E-state index contributed by atoms with van der Waals surface area (Å²) in [6, 6.07) is 10.7. The van der Waals surface area contributed by atoms with Crippen molar-refractivity contribution in [2.45, 2.75) is 42.0 Å². The van der Waals surface area contributed by atoms with Gasteiger partial charge in [0.2, 0.25) is 5.91 Å². The van der Waals surface area contributed by atoms with E-state index in [0.717, 1.165) is 21.7 Å². The summed E-state index contributed by atoms with van der Waals surface area (Å²) in [6.07, 6.45) is 3.92. The van der Waals surface area contributed by atoms with Gasteiger partial charge in [-0.2, -0.15) is 0 Å². The third-order valence-corrected chi connectivity index (χ3v) is 10.8. The third kappa shape index (κ3) is 3.27. The Morgan fingerprint density at radius 2 is 1.97 bits per heavy atom. The largest absolute Gasteiger partial charge is 0.508 e. The lowest BCUT2D eigenvalue weighted by Crippen LogP contribution is -2.34. The number of thioether (sulfide) groups is 1. The lowest BCUT2D eigenvalue weighted by atomic mass is 9.77. The highest BCUT2D eigenvalue weighted by Crippen LogP contribution is 2.64. The van der Waals surface area contributed by atoms with E-state index in [-0.39, 0.29) is 29.0 Å². The standard InChI is InChI=1S/C23H22N2O3S3/c26-15-7-5-14(6-8-15)24-17(27)11-25-22-21(31-23(25)28)19(16-2-1-9-29-16)18-12-3-4-13(10-12)20(18)30-22/h1-2,5-9,12-13,18-20,26H,3-4,10-11H2,(H,24,27)/t12-,13-,18-,19-,20+/m0/s1. The molecule has 5 nitrogen and oxygen atoms in total. The van der Waals surface area contributed by atoms with E-state index in [1.165, 1.54) is 47.6 Å². The number of amides is 1. The Labute approximate surface area is 192 Å². The van der Waals surface area contributed by atoms with Gasteiger partial charge in [-0.1, -0.05) is 17.4 Å². The van der Waals surface area contributed by atoms with Crippen LogP contribution in [0.25, 0.3) is 0 Å². The first-order valence-electron chi connectivity index (χ1n) is 10.6. The maximum absolute atomic E-state index is 13.0. The van der Waals surface area contributed by atoms with Crippen LogP contribution in [0.2, 0.25) is 0 Å². The third-order valence-electron chi connectivity index (χ3n) is 6.99. The summed E-state index contributed by atoms with van der Waals surface area (Å²) in [5, 5.41) is 15.9.